The molecule has 6 heteroatoms. The molecule has 0 amide bonds. The Morgan fingerprint density at radius 1 is 1.00 bits per heavy atom. The quantitative estimate of drug-likeness (QED) is 0.645. The van der Waals surface area contributed by atoms with Crippen molar-refractivity contribution in [1.29, 1.82) is 0 Å². The molecule has 32 heavy (non-hydrogen) atoms. The van der Waals surface area contributed by atoms with Crippen LogP contribution in [-0.2, 0) is 0 Å². The number of piperazine rings is 1. The average molecular weight is 425 g/mol. The van der Waals surface area contributed by atoms with Gasteiger partial charge in [-0.05, 0) is 54.8 Å². The summed E-state index contributed by atoms with van der Waals surface area (Å²) in [6.45, 7) is 10.4. The predicted molar refractivity (Wildman–Crippen MR) is 134 cm³/mol. The third-order valence-corrected chi connectivity index (χ3v) is 6.18. The van der Waals surface area contributed by atoms with Gasteiger partial charge < -0.3 is 15.1 Å². The van der Waals surface area contributed by atoms with Crippen LogP contribution in [0.5, 0.6) is 0 Å². The smallest absolute Gasteiger partial charge is 0.130 e. The Bertz CT molecular complexity index is 1230. The van der Waals surface area contributed by atoms with Crippen molar-refractivity contribution >= 4 is 39.4 Å². The van der Waals surface area contributed by atoms with Crippen LogP contribution in [0, 0.1) is 0 Å². The van der Waals surface area contributed by atoms with Crippen LogP contribution in [0.1, 0.15) is 24.5 Å². The molecular weight excluding hydrogens is 396 g/mol. The first-order valence-electron chi connectivity index (χ1n) is 11.0. The summed E-state index contributed by atoms with van der Waals surface area (Å²) in [6, 6.07) is 12.7. The zero-order valence-corrected chi connectivity index (χ0v) is 18.7. The zero-order valence-electron chi connectivity index (χ0n) is 18.7. The molecule has 2 aliphatic rings. The van der Waals surface area contributed by atoms with E-state index in [4.69, 9.17) is 0 Å². The minimum Gasteiger partial charge on any atom is -0.354 e. The Hall–Kier alpha value is -3.51. The van der Waals surface area contributed by atoms with Crippen molar-refractivity contribution in [2.75, 3.05) is 43.4 Å². The van der Waals surface area contributed by atoms with Gasteiger partial charge in [0.1, 0.15) is 11.6 Å². The lowest BCUT2D eigenvalue weighted by Crippen LogP contribution is -2.44. The van der Waals surface area contributed by atoms with E-state index >= 15 is 0 Å². The summed E-state index contributed by atoms with van der Waals surface area (Å²) in [5.74, 6) is 1.78. The molecule has 2 aromatic heterocycles. The number of allylic oxidation sites excluding steroid dienone is 1. The number of aliphatic imine (C=N–C) groups is 1. The number of anilines is 2. The topological polar surface area (TPSA) is 56.7 Å². The zero-order chi connectivity index (χ0) is 22.1. The van der Waals surface area contributed by atoms with E-state index < -0.39 is 0 Å². The van der Waals surface area contributed by atoms with Gasteiger partial charge >= 0.3 is 0 Å². The van der Waals surface area contributed by atoms with Gasteiger partial charge in [-0.1, -0.05) is 18.7 Å². The number of nitrogens with zero attached hydrogens (tertiary/aromatic N) is 5. The lowest BCUT2D eigenvalue weighted by Gasteiger charge is -2.33. The Morgan fingerprint density at radius 3 is 2.62 bits per heavy atom. The van der Waals surface area contributed by atoms with Gasteiger partial charge in [-0.2, -0.15) is 0 Å². The number of hydrogen-bond donors (Lipinski definition) is 1. The Labute approximate surface area is 189 Å². The van der Waals surface area contributed by atoms with E-state index in [0.717, 1.165) is 72.0 Å². The number of hydrogen-bond acceptors (Lipinski definition) is 6. The van der Waals surface area contributed by atoms with E-state index in [0.29, 0.717) is 0 Å². The first-order chi connectivity index (χ1) is 15.5. The molecule has 1 fully saturated rings. The fraction of sp³-hybridized carbons (Fsp3) is 0.269. The standard InChI is InChI=1S/C26H28N6/c1-18-12-24(17-28-18)21-4-5-22-16-29-25(14-23(22)13-21)30-19(2)20-6-7-27-26(15-20)32-10-8-31(3)9-11-32/h4-7,13-17H,2,8-12H2,1,3H3,(H,29,30). The first-order valence-corrected chi connectivity index (χ1v) is 11.0. The van der Waals surface area contributed by atoms with E-state index in [1.54, 1.807) is 0 Å². The maximum atomic E-state index is 4.59. The van der Waals surface area contributed by atoms with Crippen molar-refractivity contribution in [3.05, 3.63) is 72.7 Å². The van der Waals surface area contributed by atoms with Crippen molar-refractivity contribution in [2.24, 2.45) is 4.99 Å². The second kappa shape index (κ2) is 8.55. The molecule has 162 valence electrons. The number of fused-ring (bicyclic) bond motifs is 1. The molecule has 0 aliphatic carbocycles. The molecule has 2 aliphatic heterocycles. The molecule has 5 rings (SSSR count). The third kappa shape index (κ3) is 4.27. The summed E-state index contributed by atoms with van der Waals surface area (Å²) < 4.78 is 0. The molecule has 0 saturated carbocycles. The second-order valence-corrected chi connectivity index (χ2v) is 8.62. The third-order valence-electron chi connectivity index (χ3n) is 6.18. The summed E-state index contributed by atoms with van der Waals surface area (Å²) >= 11 is 0. The predicted octanol–water partition coefficient (Wildman–Crippen LogP) is 4.67. The highest BCUT2D eigenvalue weighted by Gasteiger charge is 2.16. The summed E-state index contributed by atoms with van der Waals surface area (Å²) in [5.41, 5.74) is 5.46. The summed E-state index contributed by atoms with van der Waals surface area (Å²) in [5, 5.41) is 5.64. The fourth-order valence-corrected chi connectivity index (χ4v) is 4.18. The second-order valence-electron chi connectivity index (χ2n) is 8.62. The van der Waals surface area contributed by atoms with Gasteiger partial charge in [0.05, 0.1) is 0 Å². The molecule has 0 spiro atoms. The largest absolute Gasteiger partial charge is 0.354 e. The van der Waals surface area contributed by atoms with Crippen molar-refractivity contribution < 1.29 is 0 Å². The highest BCUT2D eigenvalue weighted by molar-refractivity contribution is 5.98. The average Bonchev–Trinajstić information content (AvgIpc) is 3.25. The van der Waals surface area contributed by atoms with E-state index in [9.17, 15) is 0 Å². The lowest BCUT2D eigenvalue weighted by atomic mass is 10.0. The Balaban J connectivity index is 1.34. The molecule has 1 N–H and O–H groups in total. The van der Waals surface area contributed by atoms with Gasteiger partial charge in [0.15, 0.2) is 0 Å². The van der Waals surface area contributed by atoms with Crippen molar-refractivity contribution in [2.45, 2.75) is 13.3 Å². The number of rotatable bonds is 5. The van der Waals surface area contributed by atoms with Crippen LogP contribution in [0.4, 0.5) is 11.6 Å². The van der Waals surface area contributed by atoms with Gasteiger partial charge in [0, 0.05) is 73.6 Å². The number of aromatic nitrogens is 2. The molecule has 6 nitrogen and oxygen atoms in total. The molecule has 0 radical (unpaired) electrons. The van der Waals surface area contributed by atoms with Crippen LogP contribution in [0.25, 0.3) is 22.0 Å². The number of benzene rings is 1. The van der Waals surface area contributed by atoms with Gasteiger partial charge in [-0.25, -0.2) is 9.97 Å². The minimum atomic E-state index is 0.783. The van der Waals surface area contributed by atoms with Crippen LogP contribution in [0.3, 0.4) is 0 Å². The van der Waals surface area contributed by atoms with E-state index in [2.05, 4.69) is 81.0 Å². The van der Waals surface area contributed by atoms with E-state index in [1.165, 1.54) is 11.1 Å². The molecular formula is C26H28N6. The number of likely N-dealkylation sites (N-methyl/N-ethyl adjacent to an activating group) is 1. The Morgan fingerprint density at radius 2 is 1.84 bits per heavy atom. The molecule has 0 bridgehead atoms. The lowest BCUT2D eigenvalue weighted by molar-refractivity contribution is 0.312. The van der Waals surface area contributed by atoms with Crippen LogP contribution in [-0.4, -0.2) is 53.8 Å². The highest BCUT2D eigenvalue weighted by atomic mass is 15.3. The SMILES string of the molecule is C=C(Nc1cc2cc(C3=CN=C(C)C3)ccc2cn1)c1ccnc(N2CCN(C)CC2)c1. The van der Waals surface area contributed by atoms with Gasteiger partial charge in [0.2, 0.25) is 0 Å². The van der Waals surface area contributed by atoms with Crippen LogP contribution < -0.4 is 10.2 Å². The highest BCUT2D eigenvalue weighted by Crippen LogP contribution is 2.28. The fourth-order valence-electron chi connectivity index (χ4n) is 4.18. The molecule has 1 saturated heterocycles. The summed E-state index contributed by atoms with van der Waals surface area (Å²) in [4.78, 5) is 18.3. The molecule has 1 aromatic carbocycles. The molecule has 4 heterocycles. The van der Waals surface area contributed by atoms with Gasteiger partial charge in [-0.15, -0.1) is 0 Å². The van der Waals surface area contributed by atoms with Crippen LogP contribution in [0.2, 0.25) is 0 Å². The normalized spacial score (nSPS) is 16.8. The van der Waals surface area contributed by atoms with Crippen molar-refractivity contribution in [1.82, 2.24) is 14.9 Å². The molecule has 3 aromatic rings. The summed E-state index contributed by atoms with van der Waals surface area (Å²) in [6.07, 6.45) is 6.65. The number of pyridine rings is 2. The van der Waals surface area contributed by atoms with E-state index in [-0.39, 0.29) is 0 Å². The van der Waals surface area contributed by atoms with Crippen molar-refractivity contribution in [3.63, 3.8) is 0 Å². The Kier molecular flexibility index (Phi) is 5.45. The van der Waals surface area contributed by atoms with Gasteiger partial charge in [0.25, 0.3) is 0 Å². The number of nitrogens with one attached hydrogen (secondary N) is 1. The van der Waals surface area contributed by atoms with Crippen LogP contribution >= 0.6 is 0 Å². The van der Waals surface area contributed by atoms with E-state index in [1.807, 2.05) is 24.7 Å². The monoisotopic (exact) mass is 424 g/mol. The molecule has 0 unspecified atom stereocenters. The first kappa shape index (κ1) is 20.4. The van der Waals surface area contributed by atoms with Gasteiger partial charge in [-0.3, -0.25) is 4.99 Å². The maximum absolute atomic E-state index is 4.59. The molecule has 0 atom stereocenters. The van der Waals surface area contributed by atoms with Crippen LogP contribution in [0.15, 0.2) is 66.6 Å². The minimum absolute atomic E-state index is 0.783. The maximum Gasteiger partial charge on any atom is 0.130 e. The summed E-state index contributed by atoms with van der Waals surface area (Å²) in [7, 11) is 2.16. The van der Waals surface area contributed by atoms with Crippen molar-refractivity contribution in [3.8, 4) is 0 Å².